The molecule has 1 fully saturated rings. The number of aryl methyl sites for hydroxylation is 1. The molecule has 4 rings (SSSR count). The highest BCUT2D eigenvalue weighted by Crippen LogP contribution is 2.42. The maximum Gasteiger partial charge on any atom is 0.254 e. The summed E-state index contributed by atoms with van der Waals surface area (Å²) in [6.07, 6.45) is 5.91. The van der Waals surface area contributed by atoms with Crippen LogP contribution in [0.4, 0.5) is 0 Å². The van der Waals surface area contributed by atoms with E-state index < -0.39 is 10.8 Å². The Kier molecular flexibility index (Phi) is 4.01. The van der Waals surface area contributed by atoms with Crippen LogP contribution in [0.3, 0.4) is 0 Å². The van der Waals surface area contributed by atoms with Crippen molar-refractivity contribution < 1.29 is 9.00 Å². The molecule has 0 saturated heterocycles. The molecule has 0 radical (unpaired) electrons. The molecule has 1 amide bonds. The first-order valence-electron chi connectivity index (χ1n) is 8.49. The van der Waals surface area contributed by atoms with Gasteiger partial charge in [-0.15, -0.1) is 0 Å². The van der Waals surface area contributed by atoms with Crippen molar-refractivity contribution in [1.29, 1.82) is 0 Å². The summed E-state index contributed by atoms with van der Waals surface area (Å²) in [7, 11) is -1.01. The number of hydrogen-bond donors (Lipinski definition) is 0. The molecule has 0 bridgehead atoms. The molecule has 2 aromatic carbocycles. The average Bonchev–Trinajstić information content (AvgIpc) is 3.35. The van der Waals surface area contributed by atoms with E-state index in [0.717, 1.165) is 30.6 Å². The molecule has 0 spiro atoms. The first-order valence-corrected chi connectivity index (χ1v) is 10.0. The Morgan fingerprint density at radius 2 is 1.75 bits per heavy atom. The Bertz CT molecular complexity index is 796. The lowest BCUT2D eigenvalue weighted by molar-refractivity contribution is 0.0658. The van der Waals surface area contributed by atoms with Gasteiger partial charge < -0.3 is 4.90 Å². The predicted molar refractivity (Wildman–Crippen MR) is 95.5 cm³/mol. The van der Waals surface area contributed by atoms with Crippen LogP contribution in [0.15, 0.2) is 53.4 Å². The van der Waals surface area contributed by atoms with Gasteiger partial charge in [0.2, 0.25) is 0 Å². The van der Waals surface area contributed by atoms with Crippen LogP contribution in [0.25, 0.3) is 0 Å². The third-order valence-corrected chi connectivity index (χ3v) is 5.98. The summed E-state index contributed by atoms with van der Waals surface area (Å²) in [5, 5.41) is 0. The van der Waals surface area contributed by atoms with Gasteiger partial charge in [0.15, 0.2) is 0 Å². The lowest BCUT2D eigenvalue weighted by Gasteiger charge is -2.30. The molecule has 1 saturated carbocycles. The van der Waals surface area contributed by atoms with E-state index in [1.54, 1.807) is 18.4 Å². The second kappa shape index (κ2) is 6.17. The second-order valence-corrected chi connectivity index (χ2v) is 8.06. The minimum Gasteiger partial charge on any atom is -0.329 e. The van der Waals surface area contributed by atoms with Crippen molar-refractivity contribution in [1.82, 2.24) is 4.90 Å². The van der Waals surface area contributed by atoms with Crippen LogP contribution in [0.1, 0.15) is 46.8 Å². The van der Waals surface area contributed by atoms with Crippen LogP contribution >= 0.6 is 0 Å². The van der Waals surface area contributed by atoms with Gasteiger partial charge in [0.1, 0.15) is 0 Å². The van der Waals surface area contributed by atoms with Gasteiger partial charge in [0.25, 0.3) is 5.91 Å². The zero-order valence-corrected chi connectivity index (χ0v) is 14.6. The lowest BCUT2D eigenvalue weighted by Crippen LogP contribution is -2.36. The molecule has 4 heteroatoms. The minimum atomic E-state index is -1.01. The highest BCUT2D eigenvalue weighted by Gasteiger charge is 2.40. The van der Waals surface area contributed by atoms with Crippen molar-refractivity contribution >= 4 is 16.7 Å². The van der Waals surface area contributed by atoms with Gasteiger partial charge in [-0.05, 0) is 61.1 Å². The molecule has 124 valence electrons. The lowest BCUT2D eigenvalue weighted by atomic mass is 10.1. The van der Waals surface area contributed by atoms with Gasteiger partial charge in [-0.1, -0.05) is 24.3 Å². The highest BCUT2D eigenvalue weighted by atomic mass is 32.2. The number of carbonyl (C=O) groups is 1. The van der Waals surface area contributed by atoms with Gasteiger partial charge in [0.05, 0.1) is 6.04 Å². The summed E-state index contributed by atoms with van der Waals surface area (Å²) < 4.78 is 11.5. The molecule has 3 nitrogen and oxygen atoms in total. The van der Waals surface area contributed by atoms with E-state index in [9.17, 15) is 9.00 Å². The summed E-state index contributed by atoms with van der Waals surface area (Å²) in [5.74, 6) is 0.104. The molecule has 0 aromatic heterocycles. The predicted octanol–water partition coefficient (Wildman–Crippen LogP) is 3.72. The molecular formula is C20H21NO2S. The van der Waals surface area contributed by atoms with Crippen LogP contribution in [0.2, 0.25) is 0 Å². The van der Waals surface area contributed by atoms with E-state index in [-0.39, 0.29) is 11.9 Å². The van der Waals surface area contributed by atoms with Crippen molar-refractivity contribution in [3.05, 3.63) is 65.2 Å². The Hall–Kier alpha value is -1.94. The quantitative estimate of drug-likeness (QED) is 0.851. The molecule has 2 atom stereocenters. The number of amides is 1. The Labute approximate surface area is 145 Å². The number of rotatable bonds is 4. The van der Waals surface area contributed by atoms with Crippen molar-refractivity contribution in [2.24, 2.45) is 0 Å². The Balaban J connectivity index is 1.64. The maximum atomic E-state index is 13.2. The van der Waals surface area contributed by atoms with Gasteiger partial charge in [-0.3, -0.25) is 9.00 Å². The van der Waals surface area contributed by atoms with E-state index in [2.05, 4.69) is 29.2 Å². The van der Waals surface area contributed by atoms with E-state index in [1.165, 1.54) is 11.1 Å². The summed E-state index contributed by atoms with van der Waals surface area (Å²) in [6.45, 7) is 0. The largest absolute Gasteiger partial charge is 0.329 e. The molecule has 2 aliphatic rings. The first kappa shape index (κ1) is 15.6. The van der Waals surface area contributed by atoms with Crippen LogP contribution in [-0.2, 0) is 17.2 Å². The number of fused-ring (bicyclic) bond motifs is 1. The van der Waals surface area contributed by atoms with Gasteiger partial charge in [-0.2, -0.15) is 0 Å². The van der Waals surface area contributed by atoms with E-state index in [1.807, 2.05) is 12.1 Å². The number of hydrogen-bond acceptors (Lipinski definition) is 2. The fourth-order valence-electron chi connectivity index (χ4n) is 3.68. The molecule has 2 aliphatic carbocycles. The zero-order valence-electron chi connectivity index (χ0n) is 13.8. The maximum absolute atomic E-state index is 13.2. The van der Waals surface area contributed by atoms with Crippen LogP contribution < -0.4 is 0 Å². The van der Waals surface area contributed by atoms with Crippen molar-refractivity contribution in [2.45, 2.75) is 42.7 Å². The summed E-state index contributed by atoms with van der Waals surface area (Å²) in [5.41, 5.74) is 3.38. The van der Waals surface area contributed by atoms with Crippen molar-refractivity contribution in [3.8, 4) is 0 Å². The molecule has 0 aliphatic heterocycles. The smallest absolute Gasteiger partial charge is 0.254 e. The van der Waals surface area contributed by atoms with Crippen LogP contribution in [0.5, 0.6) is 0 Å². The molecule has 0 N–H and O–H groups in total. The van der Waals surface area contributed by atoms with E-state index in [4.69, 9.17) is 0 Å². The standard InChI is InChI=1S/C20H21NO2S/c1-24(23)17-11-6-15(7-12-17)20(22)21(16-9-10-16)19-13-8-14-4-2-3-5-18(14)19/h2-7,11-12,16,19H,8-10,13H2,1H3/t19-,24-/m1/s1. The highest BCUT2D eigenvalue weighted by molar-refractivity contribution is 7.84. The van der Waals surface area contributed by atoms with Gasteiger partial charge in [0, 0.05) is 33.6 Å². The molecule has 0 heterocycles. The van der Waals surface area contributed by atoms with Crippen molar-refractivity contribution in [2.75, 3.05) is 6.26 Å². The number of carbonyl (C=O) groups excluding carboxylic acids is 1. The number of nitrogens with zero attached hydrogens (tertiary/aromatic N) is 1. The Morgan fingerprint density at radius 3 is 2.42 bits per heavy atom. The zero-order chi connectivity index (χ0) is 16.7. The molecule has 2 aromatic rings. The number of benzene rings is 2. The molecule has 0 unspecified atom stereocenters. The fourth-order valence-corrected chi connectivity index (χ4v) is 4.20. The average molecular weight is 339 g/mol. The van der Waals surface area contributed by atoms with Crippen LogP contribution in [-0.4, -0.2) is 27.3 Å². The molecular weight excluding hydrogens is 318 g/mol. The third kappa shape index (κ3) is 2.80. The normalized spacial score (nSPS) is 20.5. The van der Waals surface area contributed by atoms with E-state index in [0.29, 0.717) is 11.6 Å². The minimum absolute atomic E-state index is 0.104. The van der Waals surface area contributed by atoms with E-state index >= 15 is 0 Å². The third-order valence-electron chi connectivity index (χ3n) is 5.04. The fraction of sp³-hybridized carbons (Fsp3) is 0.350. The SMILES string of the molecule is C[S@@](=O)c1ccc(C(=O)N(C2CC2)[C@@H]2CCc3ccccc32)cc1. The van der Waals surface area contributed by atoms with Crippen LogP contribution in [0, 0.1) is 0 Å². The monoisotopic (exact) mass is 339 g/mol. The molecule has 24 heavy (non-hydrogen) atoms. The second-order valence-electron chi connectivity index (χ2n) is 6.68. The van der Waals surface area contributed by atoms with Gasteiger partial charge >= 0.3 is 0 Å². The summed E-state index contributed by atoms with van der Waals surface area (Å²) >= 11 is 0. The summed E-state index contributed by atoms with van der Waals surface area (Å²) in [6, 6.07) is 16.3. The Morgan fingerprint density at radius 1 is 1.04 bits per heavy atom. The first-order chi connectivity index (χ1) is 11.6. The van der Waals surface area contributed by atoms with Gasteiger partial charge in [-0.25, -0.2) is 0 Å². The van der Waals surface area contributed by atoms with Crippen molar-refractivity contribution in [3.63, 3.8) is 0 Å². The topological polar surface area (TPSA) is 37.4 Å². The summed E-state index contributed by atoms with van der Waals surface area (Å²) in [4.78, 5) is 16.0.